The Labute approximate surface area is 81.1 Å². The van der Waals surface area contributed by atoms with Crippen LogP contribution in [0.5, 0.6) is 0 Å². The van der Waals surface area contributed by atoms with E-state index in [1.807, 2.05) is 0 Å². The molecule has 1 atom stereocenters. The molecule has 0 aliphatic carbocycles. The molecule has 0 radical (unpaired) electrons. The summed E-state index contributed by atoms with van der Waals surface area (Å²) >= 11 is 0. The van der Waals surface area contributed by atoms with Crippen LogP contribution >= 0.6 is 0 Å². The van der Waals surface area contributed by atoms with Gasteiger partial charge in [-0.25, -0.2) is 8.78 Å². The van der Waals surface area contributed by atoms with Crippen molar-refractivity contribution in [3.8, 4) is 0 Å². The van der Waals surface area contributed by atoms with Crippen LogP contribution in [0.3, 0.4) is 0 Å². The summed E-state index contributed by atoms with van der Waals surface area (Å²) in [5, 5.41) is 6.62. The molecule has 0 saturated carbocycles. The molecule has 1 aromatic heterocycles. The molecule has 2 rings (SSSR count). The van der Waals surface area contributed by atoms with Gasteiger partial charge in [0.25, 0.3) is 5.92 Å². The molecule has 78 valence electrons. The summed E-state index contributed by atoms with van der Waals surface area (Å²) in [7, 11) is 1.74. The lowest BCUT2D eigenvalue weighted by Gasteiger charge is -2.31. The van der Waals surface area contributed by atoms with Gasteiger partial charge in [-0.1, -0.05) is 0 Å². The first kappa shape index (κ1) is 9.58. The van der Waals surface area contributed by atoms with Crippen LogP contribution in [0, 0.1) is 0 Å². The van der Waals surface area contributed by atoms with E-state index < -0.39 is 11.8 Å². The van der Waals surface area contributed by atoms with Gasteiger partial charge in [-0.2, -0.15) is 5.10 Å². The molecule has 3 nitrogen and oxygen atoms in total. The summed E-state index contributed by atoms with van der Waals surface area (Å²) in [6, 6.07) is 0. The van der Waals surface area contributed by atoms with Gasteiger partial charge in [0.05, 0.1) is 18.7 Å². The average Bonchev–Trinajstić information content (AvgIpc) is 2.51. The third-order valence-electron chi connectivity index (χ3n) is 2.61. The van der Waals surface area contributed by atoms with Gasteiger partial charge >= 0.3 is 0 Å². The molecule has 0 spiro atoms. The lowest BCUT2D eigenvalue weighted by Crippen LogP contribution is -2.44. The largest absolute Gasteiger partial charge is 0.311 e. The molecule has 0 aromatic carbocycles. The second-order valence-corrected chi connectivity index (χ2v) is 3.73. The summed E-state index contributed by atoms with van der Waals surface area (Å²) in [6.07, 6.45) is 3.67. The average molecular weight is 201 g/mol. The number of piperidine rings is 1. The van der Waals surface area contributed by atoms with Crippen molar-refractivity contribution in [3.05, 3.63) is 18.0 Å². The molecule has 0 bridgehead atoms. The number of halogens is 2. The highest BCUT2D eigenvalue weighted by Gasteiger charge is 2.42. The zero-order valence-corrected chi connectivity index (χ0v) is 8.00. The third-order valence-corrected chi connectivity index (χ3v) is 2.61. The van der Waals surface area contributed by atoms with Crippen LogP contribution in [0.25, 0.3) is 0 Å². The summed E-state index contributed by atoms with van der Waals surface area (Å²) in [5.74, 6) is -3.33. The van der Waals surface area contributed by atoms with E-state index in [9.17, 15) is 8.78 Å². The number of aromatic nitrogens is 2. The van der Waals surface area contributed by atoms with Crippen LogP contribution in [0.4, 0.5) is 8.78 Å². The molecule has 1 aromatic rings. The van der Waals surface area contributed by atoms with E-state index in [2.05, 4.69) is 10.4 Å². The van der Waals surface area contributed by atoms with E-state index in [4.69, 9.17) is 0 Å². The van der Waals surface area contributed by atoms with Crippen LogP contribution in [0.1, 0.15) is 17.9 Å². The normalized spacial score (nSPS) is 26.4. The van der Waals surface area contributed by atoms with Crippen molar-refractivity contribution in [3.63, 3.8) is 0 Å². The SMILES string of the molecule is Cn1cc([C@@H]2CCNCC2(F)F)cn1. The fourth-order valence-electron chi connectivity index (χ4n) is 1.87. The van der Waals surface area contributed by atoms with Crippen molar-refractivity contribution in [1.82, 2.24) is 15.1 Å². The molecule has 0 amide bonds. The van der Waals surface area contributed by atoms with E-state index in [0.717, 1.165) is 0 Å². The minimum atomic E-state index is -2.65. The predicted octanol–water partition coefficient (Wildman–Crippen LogP) is 1.13. The van der Waals surface area contributed by atoms with Gasteiger partial charge in [-0.05, 0) is 18.5 Å². The van der Waals surface area contributed by atoms with Crippen LogP contribution in [-0.4, -0.2) is 28.8 Å². The lowest BCUT2D eigenvalue weighted by molar-refractivity contribution is -0.0420. The Bertz CT molecular complexity index is 322. The van der Waals surface area contributed by atoms with Crippen molar-refractivity contribution < 1.29 is 8.78 Å². The number of hydrogen-bond acceptors (Lipinski definition) is 2. The van der Waals surface area contributed by atoms with Crippen LogP contribution in [-0.2, 0) is 7.05 Å². The molecule has 1 aliphatic heterocycles. The highest BCUT2D eigenvalue weighted by Crippen LogP contribution is 2.37. The minimum absolute atomic E-state index is 0.230. The Balaban J connectivity index is 2.23. The topological polar surface area (TPSA) is 29.9 Å². The maximum absolute atomic E-state index is 13.5. The third kappa shape index (κ3) is 1.64. The Morgan fingerprint density at radius 2 is 2.43 bits per heavy atom. The van der Waals surface area contributed by atoms with Crippen molar-refractivity contribution in [2.75, 3.05) is 13.1 Å². The fourth-order valence-corrected chi connectivity index (χ4v) is 1.87. The first-order chi connectivity index (χ1) is 6.59. The summed E-state index contributed by atoms with van der Waals surface area (Å²) in [4.78, 5) is 0. The van der Waals surface area contributed by atoms with Gasteiger partial charge in [0.1, 0.15) is 0 Å². The number of nitrogens with one attached hydrogen (secondary N) is 1. The molecule has 1 fully saturated rings. The molecule has 1 saturated heterocycles. The number of alkyl halides is 2. The first-order valence-electron chi connectivity index (χ1n) is 4.67. The van der Waals surface area contributed by atoms with Crippen molar-refractivity contribution in [2.24, 2.45) is 7.05 Å². The van der Waals surface area contributed by atoms with Gasteiger partial charge in [-0.3, -0.25) is 4.68 Å². The Morgan fingerprint density at radius 1 is 1.64 bits per heavy atom. The quantitative estimate of drug-likeness (QED) is 0.738. The van der Waals surface area contributed by atoms with Gasteiger partial charge in [0.15, 0.2) is 0 Å². The van der Waals surface area contributed by atoms with Gasteiger partial charge in [0.2, 0.25) is 0 Å². The van der Waals surface area contributed by atoms with E-state index >= 15 is 0 Å². The molecule has 1 N–H and O–H groups in total. The van der Waals surface area contributed by atoms with Crippen LogP contribution in [0.15, 0.2) is 12.4 Å². The molecule has 2 heterocycles. The molecular weight excluding hydrogens is 188 g/mol. The van der Waals surface area contributed by atoms with E-state index in [1.54, 1.807) is 17.9 Å². The smallest absolute Gasteiger partial charge is 0.267 e. The molecule has 0 unspecified atom stereocenters. The van der Waals surface area contributed by atoms with Crippen LogP contribution in [0.2, 0.25) is 0 Å². The second kappa shape index (κ2) is 3.31. The Morgan fingerprint density at radius 3 is 3.00 bits per heavy atom. The molecular formula is C9H13F2N3. The summed E-state index contributed by atoms with van der Waals surface area (Å²) in [6.45, 7) is 0.418. The number of hydrogen-bond donors (Lipinski definition) is 1. The first-order valence-corrected chi connectivity index (χ1v) is 4.67. The molecule has 5 heteroatoms. The number of nitrogens with zero attached hydrogens (tertiary/aromatic N) is 2. The minimum Gasteiger partial charge on any atom is -0.311 e. The van der Waals surface area contributed by atoms with E-state index in [0.29, 0.717) is 18.5 Å². The summed E-state index contributed by atoms with van der Waals surface area (Å²) < 4.78 is 28.5. The van der Waals surface area contributed by atoms with Gasteiger partial charge < -0.3 is 5.32 Å². The fraction of sp³-hybridized carbons (Fsp3) is 0.667. The zero-order valence-electron chi connectivity index (χ0n) is 8.00. The number of aryl methyl sites for hydroxylation is 1. The summed E-state index contributed by atoms with van der Waals surface area (Å²) in [5.41, 5.74) is 0.638. The van der Waals surface area contributed by atoms with E-state index in [1.165, 1.54) is 6.20 Å². The molecule has 14 heavy (non-hydrogen) atoms. The number of rotatable bonds is 1. The van der Waals surface area contributed by atoms with E-state index in [-0.39, 0.29) is 6.54 Å². The Hall–Kier alpha value is -0.970. The molecule has 1 aliphatic rings. The predicted molar refractivity (Wildman–Crippen MR) is 48.4 cm³/mol. The monoisotopic (exact) mass is 201 g/mol. The maximum Gasteiger partial charge on any atom is 0.267 e. The highest BCUT2D eigenvalue weighted by atomic mass is 19.3. The van der Waals surface area contributed by atoms with Crippen molar-refractivity contribution in [2.45, 2.75) is 18.3 Å². The van der Waals surface area contributed by atoms with Crippen molar-refractivity contribution in [1.29, 1.82) is 0 Å². The lowest BCUT2D eigenvalue weighted by atomic mass is 9.89. The van der Waals surface area contributed by atoms with Gasteiger partial charge in [0, 0.05) is 13.2 Å². The van der Waals surface area contributed by atoms with Crippen molar-refractivity contribution >= 4 is 0 Å². The second-order valence-electron chi connectivity index (χ2n) is 3.73. The van der Waals surface area contributed by atoms with Crippen LogP contribution < -0.4 is 5.32 Å². The van der Waals surface area contributed by atoms with Gasteiger partial charge in [-0.15, -0.1) is 0 Å². The standard InChI is InChI=1S/C9H13F2N3/c1-14-5-7(4-13-14)8-2-3-12-6-9(8,10)11/h4-5,8,12H,2-3,6H2,1H3/t8-/m0/s1. The zero-order chi connectivity index (χ0) is 10.2. The Kier molecular flexibility index (Phi) is 2.26. The maximum atomic E-state index is 13.5. The highest BCUT2D eigenvalue weighted by molar-refractivity contribution is 5.16.